The average molecular weight is 303 g/mol. The highest BCUT2D eigenvalue weighted by Crippen LogP contribution is 2.13. The molecule has 0 saturated carbocycles. The third-order valence-electron chi connectivity index (χ3n) is 3.06. The van der Waals surface area contributed by atoms with Crippen molar-refractivity contribution in [2.75, 3.05) is 12.3 Å². The van der Waals surface area contributed by atoms with Crippen LogP contribution in [0.25, 0.3) is 0 Å². The Hall–Kier alpha value is -1.75. The maximum atomic E-state index is 11.7. The zero-order chi connectivity index (χ0) is 14.9. The Morgan fingerprint density at radius 3 is 3.10 bits per heavy atom. The van der Waals surface area contributed by atoms with Crippen LogP contribution in [0.2, 0.25) is 0 Å². The quantitative estimate of drug-likeness (QED) is 0.763. The van der Waals surface area contributed by atoms with E-state index >= 15 is 0 Å². The smallest absolute Gasteiger partial charge is 0.230 e. The van der Waals surface area contributed by atoms with Gasteiger partial charge < -0.3 is 9.88 Å². The Morgan fingerprint density at radius 1 is 1.43 bits per heavy atom. The molecule has 1 heterocycles. The fourth-order valence-electron chi connectivity index (χ4n) is 2.02. The summed E-state index contributed by atoms with van der Waals surface area (Å²) < 4.78 is 2.01. The monoisotopic (exact) mass is 303 g/mol. The molecule has 0 atom stereocenters. The lowest BCUT2D eigenvalue weighted by Crippen LogP contribution is -2.26. The van der Waals surface area contributed by atoms with Crippen molar-refractivity contribution in [2.45, 2.75) is 25.6 Å². The van der Waals surface area contributed by atoms with Gasteiger partial charge in [-0.2, -0.15) is 0 Å². The molecular weight excluding hydrogens is 282 g/mol. The summed E-state index contributed by atoms with van der Waals surface area (Å²) in [5.74, 6) is 1.50. The summed E-state index contributed by atoms with van der Waals surface area (Å²) in [6.07, 6.45) is 6.41. The van der Waals surface area contributed by atoms with Crippen molar-refractivity contribution in [3.8, 4) is 0 Å². The molecule has 0 aliphatic rings. The highest BCUT2D eigenvalue weighted by molar-refractivity contribution is 7.99. The van der Waals surface area contributed by atoms with E-state index in [0.717, 1.165) is 18.7 Å². The van der Waals surface area contributed by atoms with Crippen LogP contribution in [0.1, 0.15) is 17.5 Å². The lowest BCUT2D eigenvalue weighted by atomic mass is 10.2. The van der Waals surface area contributed by atoms with Crippen LogP contribution < -0.4 is 5.32 Å². The van der Waals surface area contributed by atoms with Gasteiger partial charge >= 0.3 is 0 Å². The number of carbonyl (C=O) groups is 1. The van der Waals surface area contributed by atoms with Crippen molar-refractivity contribution in [2.24, 2.45) is 0 Å². The first kappa shape index (κ1) is 15.6. The number of amides is 1. The molecule has 0 fully saturated rings. The molecule has 4 nitrogen and oxygen atoms in total. The van der Waals surface area contributed by atoms with E-state index in [1.54, 1.807) is 24.3 Å². The topological polar surface area (TPSA) is 46.9 Å². The average Bonchev–Trinajstić information content (AvgIpc) is 2.97. The van der Waals surface area contributed by atoms with Crippen LogP contribution >= 0.6 is 11.8 Å². The number of aromatic nitrogens is 2. The first-order valence-corrected chi connectivity index (χ1v) is 8.25. The van der Waals surface area contributed by atoms with Crippen molar-refractivity contribution in [1.82, 2.24) is 14.9 Å². The van der Waals surface area contributed by atoms with Crippen molar-refractivity contribution in [1.29, 1.82) is 0 Å². The van der Waals surface area contributed by atoms with Crippen LogP contribution in [0.5, 0.6) is 0 Å². The van der Waals surface area contributed by atoms with Crippen molar-refractivity contribution in [3.05, 3.63) is 54.1 Å². The summed E-state index contributed by atoms with van der Waals surface area (Å²) >= 11 is 1.65. The van der Waals surface area contributed by atoms with E-state index in [1.165, 1.54) is 11.1 Å². The molecule has 0 bridgehead atoms. The number of thioether (sulfide) groups is 1. The second-order valence-corrected chi connectivity index (χ2v) is 5.97. The summed E-state index contributed by atoms with van der Waals surface area (Å²) in [6, 6.07) is 8.40. The van der Waals surface area contributed by atoms with E-state index in [0.29, 0.717) is 12.3 Å². The summed E-state index contributed by atoms with van der Waals surface area (Å²) in [5.41, 5.74) is 2.53. The van der Waals surface area contributed by atoms with Crippen LogP contribution in [0.4, 0.5) is 0 Å². The Balaban J connectivity index is 1.55. The number of nitrogens with one attached hydrogen (secondary N) is 1. The van der Waals surface area contributed by atoms with E-state index in [9.17, 15) is 4.79 Å². The van der Waals surface area contributed by atoms with Gasteiger partial charge in [-0.3, -0.25) is 4.79 Å². The second kappa shape index (κ2) is 8.52. The van der Waals surface area contributed by atoms with Gasteiger partial charge in [0.15, 0.2) is 0 Å². The van der Waals surface area contributed by atoms with Crippen molar-refractivity contribution < 1.29 is 4.79 Å². The highest BCUT2D eigenvalue weighted by atomic mass is 32.2. The fourth-order valence-corrected chi connectivity index (χ4v) is 2.83. The zero-order valence-corrected chi connectivity index (χ0v) is 13.1. The standard InChI is InChI=1S/C16H21N3OS/c1-14-4-2-5-15(10-14)11-21-12-16(20)18-6-3-8-19-9-7-17-13-19/h2,4-5,7,9-10,13H,3,6,8,11-12H2,1H3,(H,18,20). The number of aryl methyl sites for hydroxylation is 2. The van der Waals surface area contributed by atoms with Crippen molar-refractivity contribution >= 4 is 17.7 Å². The normalized spacial score (nSPS) is 10.5. The van der Waals surface area contributed by atoms with Gasteiger partial charge in [0.2, 0.25) is 5.91 Å². The van der Waals surface area contributed by atoms with Crippen LogP contribution in [0.3, 0.4) is 0 Å². The summed E-state index contributed by atoms with van der Waals surface area (Å²) in [7, 11) is 0. The van der Waals surface area contributed by atoms with Gasteiger partial charge in [0.1, 0.15) is 0 Å². The highest BCUT2D eigenvalue weighted by Gasteiger charge is 2.01. The molecule has 5 heteroatoms. The first-order valence-electron chi connectivity index (χ1n) is 7.10. The molecule has 0 aliphatic carbocycles. The molecule has 1 N–H and O–H groups in total. The van der Waals surface area contributed by atoms with E-state index in [1.807, 2.05) is 10.8 Å². The molecule has 1 aromatic carbocycles. The third-order valence-corrected chi connectivity index (χ3v) is 4.06. The number of hydrogen-bond donors (Lipinski definition) is 1. The third kappa shape index (κ3) is 6.04. The van der Waals surface area contributed by atoms with Gasteiger partial charge in [0, 0.05) is 31.2 Å². The predicted octanol–water partition coefficient (Wildman–Crippen LogP) is 2.63. The van der Waals surface area contributed by atoms with Gasteiger partial charge in [-0.25, -0.2) is 4.98 Å². The molecule has 21 heavy (non-hydrogen) atoms. The molecule has 0 unspecified atom stereocenters. The number of imidazole rings is 1. The Bertz CT molecular complexity index is 554. The molecule has 2 aromatic rings. The Labute approximate surface area is 130 Å². The second-order valence-electron chi connectivity index (χ2n) is 4.99. The molecule has 0 saturated heterocycles. The minimum absolute atomic E-state index is 0.110. The number of carbonyl (C=O) groups excluding carboxylic acids is 1. The number of benzene rings is 1. The summed E-state index contributed by atoms with van der Waals surface area (Å²) in [4.78, 5) is 15.7. The van der Waals surface area contributed by atoms with E-state index in [4.69, 9.17) is 0 Å². The summed E-state index contributed by atoms with van der Waals surface area (Å²) in [6.45, 7) is 3.68. The molecule has 1 amide bonds. The minimum Gasteiger partial charge on any atom is -0.355 e. The SMILES string of the molecule is Cc1cccc(CSCC(=O)NCCCn2ccnc2)c1. The van der Waals surface area contributed by atoms with Crippen molar-refractivity contribution in [3.63, 3.8) is 0 Å². The maximum Gasteiger partial charge on any atom is 0.230 e. The van der Waals surface area contributed by atoms with Gasteiger partial charge in [0.25, 0.3) is 0 Å². The molecular formula is C16H21N3OS. The van der Waals surface area contributed by atoms with Gasteiger partial charge in [-0.15, -0.1) is 11.8 Å². The largest absolute Gasteiger partial charge is 0.355 e. The number of rotatable bonds is 8. The van der Waals surface area contributed by atoms with Crippen LogP contribution in [-0.4, -0.2) is 27.8 Å². The minimum atomic E-state index is 0.110. The van der Waals surface area contributed by atoms with Gasteiger partial charge in [-0.05, 0) is 18.9 Å². The molecule has 0 radical (unpaired) electrons. The van der Waals surface area contributed by atoms with Gasteiger partial charge in [-0.1, -0.05) is 29.8 Å². The van der Waals surface area contributed by atoms with Crippen LogP contribution in [0, 0.1) is 6.92 Å². The number of nitrogens with zero attached hydrogens (tertiary/aromatic N) is 2. The van der Waals surface area contributed by atoms with E-state index in [-0.39, 0.29) is 5.91 Å². The lowest BCUT2D eigenvalue weighted by molar-refractivity contribution is -0.118. The van der Waals surface area contributed by atoms with Gasteiger partial charge in [0.05, 0.1) is 12.1 Å². The van der Waals surface area contributed by atoms with Crippen LogP contribution in [-0.2, 0) is 17.1 Å². The summed E-state index contributed by atoms with van der Waals surface area (Å²) in [5, 5.41) is 2.95. The fraction of sp³-hybridized carbons (Fsp3) is 0.375. The molecule has 2 rings (SSSR count). The Kier molecular flexibility index (Phi) is 6.34. The maximum absolute atomic E-state index is 11.7. The Morgan fingerprint density at radius 2 is 2.33 bits per heavy atom. The number of hydrogen-bond acceptors (Lipinski definition) is 3. The van der Waals surface area contributed by atoms with E-state index in [2.05, 4.69) is 41.5 Å². The zero-order valence-electron chi connectivity index (χ0n) is 12.3. The van der Waals surface area contributed by atoms with Crippen LogP contribution in [0.15, 0.2) is 43.0 Å². The molecule has 0 aliphatic heterocycles. The lowest BCUT2D eigenvalue weighted by Gasteiger charge is -2.06. The first-order chi connectivity index (χ1) is 10.2. The molecule has 1 aromatic heterocycles. The molecule has 0 spiro atoms. The predicted molar refractivity (Wildman–Crippen MR) is 87.2 cm³/mol. The van der Waals surface area contributed by atoms with E-state index < -0.39 is 0 Å². The molecule has 112 valence electrons.